The molecule has 0 aliphatic heterocycles. The first-order valence-corrected chi connectivity index (χ1v) is 1.60. The summed E-state index contributed by atoms with van der Waals surface area (Å²) >= 11 is 0.194. The third kappa shape index (κ3) is 23.1. The monoisotopic (exact) mass is 465 g/mol. The van der Waals surface area contributed by atoms with Crippen LogP contribution in [0.2, 0.25) is 0 Å². The summed E-state index contributed by atoms with van der Waals surface area (Å²) in [6, 6.07) is 0. The molecule has 0 rings (SSSR count). The van der Waals surface area contributed by atoms with Crippen LogP contribution in [0.3, 0.4) is 0 Å². The van der Waals surface area contributed by atoms with Gasteiger partial charge < -0.3 is 0 Å². The number of rotatable bonds is 0. The fourth-order valence-electron chi connectivity index (χ4n) is 0. The molecule has 0 aromatic rings. The molecule has 1 nitrogen and oxygen atoms in total. The summed E-state index contributed by atoms with van der Waals surface area (Å²) < 4.78 is 8.36. The van der Waals surface area contributed by atoms with Crippen molar-refractivity contribution in [1.29, 1.82) is 0 Å². The molecule has 0 spiro atoms. The number of hydrogen-bond acceptors (Lipinski definition) is 1. The van der Waals surface area contributed by atoms with E-state index >= 15 is 0 Å². The topological polar surface area (TPSA) is 17.1 Å². The molecule has 0 saturated heterocycles. The SMILES string of the molecule is Br.Br.Br.[O]=[Bi]. The van der Waals surface area contributed by atoms with E-state index in [-0.39, 0.29) is 75.7 Å². The molecule has 0 atom stereocenters. The number of halogens is 3. The second-order valence-corrected chi connectivity index (χ2v) is 0. The Labute approximate surface area is 77.5 Å². The van der Waals surface area contributed by atoms with Crippen LogP contribution in [0.25, 0.3) is 0 Å². The van der Waals surface area contributed by atoms with Gasteiger partial charge in [0.25, 0.3) is 0 Å². The Kier molecular flexibility index (Phi) is 195. The first-order valence-electron chi connectivity index (χ1n) is 0.183. The first kappa shape index (κ1) is 27.4. The van der Waals surface area contributed by atoms with Crippen molar-refractivity contribution in [3.8, 4) is 0 Å². The fraction of sp³-hybridized carbons (Fsp3) is 0. The Bertz CT molecular complexity index is 6.85. The third-order valence-corrected chi connectivity index (χ3v) is 0. The molecule has 0 bridgehead atoms. The van der Waals surface area contributed by atoms with Crippen molar-refractivity contribution in [3.63, 3.8) is 0 Å². The molecule has 0 N–H and O–H groups in total. The predicted molar refractivity (Wildman–Crippen MR) is 37.4 cm³/mol. The van der Waals surface area contributed by atoms with Gasteiger partial charge in [0.1, 0.15) is 0 Å². The fourth-order valence-corrected chi connectivity index (χ4v) is 0. The van der Waals surface area contributed by atoms with Crippen LogP contribution >= 0.6 is 50.9 Å². The van der Waals surface area contributed by atoms with Gasteiger partial charge in [-0.25, -0.2) is 0 Å². The van der Waals surface area contributed by atoms with Crippen molar-refractivity contribution in [2.75, 3.05) is 0 Å². The van der Waals surface area contributed by atoms with E-state index in [0.29, 0.717) is 0 Å². The van der Waals surface area contributed by atoms with E-state index in [4.69, 9.17) is 2.81 Å². The zero-order chi connectivity index (χ0) is 2.00. The van der Waals surface area contributed by atoms with Gasteiger partial charge in [-0.1, -0.05) is 0 Å². The summed E-state index contributed by atoms with van der Waals surface area (Å²) in [6.45, 7) is 0. The van der Waals surface area contributed by atoms with Gasteiger partial charge in [-0.05, 0) is 0 Å². The third-order valence-electron chi connectivity index (χ3n) is 0. The van der Waals surface area contributed by atoms with E-state index in [2.05, 4.69) is 0 Å². The molecule has 5 heteroatoms. The Balaban J connectivity index is -0.00000000167. The molecular formula is H3BiBr3O. The van der Waals surface area contributed by atoms with Gasteiger partial charge in [0.05, 0.1) is 0 Å². The molecular weight excluding hydrogens is 465 g/mol. The summed E-state index contributed by atoms with van der Waals surface area (Å²) in [5, 5.41) is 0. The van der Waals surface area contributed by atoms with Crippen molar-refractivity contribution in [2.24, 2.45) is 0 Å². The molecule has 35 valence electrons. The Morgan fingerprint density at radius 3 is 0.800 bits per heavy atom. The van der Waals surface area contributed by atoms with Gasteiger partial charge in [-0.3, -0.25) is 0 Å². The van der Waals surface area contributed by atoms with E-state index in [9.17, 15) is 0 Å². The van der Waals surface area contributed by atoms with E-state index in [1.54, 1.807) is 0 Å². The Hall–Kier alpha value is 2.12. The van der Waals surface area contributed by atoms with Gasteiger partial charge in [0.2, 0.25) is 0 Å². The molecule has 0 unspecified atom stereocenters. The van der Waals surface area contributed by atoms with Crippen LogP contribution in [-0.2, 0) is 2.81 Å². The van der Waals surface area contributed by atoms with Gasteiger partial charge in [-0.2, -0.15) is 0 Å². The quantitative estimate of drug-likeness (QED) is 0.490. The van der Waals surface area contributed by atoms with Gasteiger partial charge >= 0.3 is 27.5 Å². The molecule has 0 saturated carbocycles. The molecule has 0 aliphatic carbocycles. The van der Waals surface area contributed by atoms with E-state index < -0.39 is 0 Å². The van der Waals surface area contributed by atoms with Crippen molar-refractivity contribution >= 4 is 75.7 Å². The van der Waals surface area contributed by atoms with Crippen LogP contribution in [0, 0.1) is 0 Å². The van der Waals surface area contributed by atoms with Crippen LogP contribution in [0.5, 0.6) is 0 Å². The summed E-state index contributed by atoms with van der Waals surface area (Å²) in [5.41, 5.74) is 0. The zero-order valence-corrected chi connectivity index (χ0v) is 10.7. The van der Waals surface area contributed by atoms with Crippen LogP contribution in [0.15, 0.2) is 0 Å². The molecule has 5 heavy (non-hydrogen) atoms. The minimum absolute atomic E-state index is 0. The maximum atomic E-state index is 8.36. The molecule has 0 fully saturated rings. The molecule has 1 radical (unpaired) electrons. The van der Waals surface area contributed by atoms with E-state index in [0.717, 1.165) is 0 Å². The summed E-state index contributed by atoms with van der Waals surface area (Å²) in [6.07, 6.45) is 0. The molecule has 0 aliphatic rings. The van der Waals surface area contributed by atoms with Gasteiger partial charge in [-0.15, -0.1) is 50.9 Å². The van der Waals surface area contributed by atoms with Crippen LogP contribution in [-0.4, -0.2) is 24.7 Å². The second-order valence-electron chi connectivity index (χ2n) is 0. The normalized spacial score (nSPS) is 0.800. The zero-order valence-electron chi connectivity index (χ0n) is 2.08. The van der Waals surface area contributed by atoms with Crippen molar-refractivity contribution in [3.05, 3.63) is 0 Å². The average Bonchev–Trinajstić information content (AvgIpc) is 1.00. The molecule has 0 amide bonds. The van der Waals surface area contributed by atoms with Crippen molar-refractivity contribution in [1.82, 2.24) is 0 Å². The summed E-state index contributed by atoms with van der Waals surface area (Å²) in [4.78, 5) is 0. The summed E-state index contributed by atoms with van der Waals surface area (Å²) in [7, 11) is 0. The molecule has 0 aromatic carbocycles. The van der Waals surface area contributed by atoms with Crippen LogP contribution in [0.4, 0.5) is 0 Å². The molecule has 0 aromatic heterocycles. The van der Waals surface area contributed by atoms with Gasteiger partial charge in [0.15, 0.2) is 0 Å². The standard InChI is InChI=1S/Bi.3BrH.O/h;3*1H;. The van der Waals surface area contributed by atoms with E-state index in [1.807, 2.05) is 0 Å². The molecule has 0 heterocycles. The van der Waals surface area contributed by atoms with E-state index in [1.165, 1.54) is 0 Å². The second kappa shape index (κ2) is 35.7. The first-order chi connectivity index (χ1) is 1.00. The van der Waals surface area contributed by atoms with Crippen molar-refractivity contribution < 1.29 is 2.81 Å². The Morgan fingerprint density at radius 2 is 0.800 bits per heavy atom. The minimum atomic E-state index is 0. The maximum absolute atomic E-state index is 8.36. The average molecular weight is 468 g/mol. The van der Waals surface area contributed by atoms with Crippen LogP contribution < -0.4 is 0 Å². The van der Waals surface area contributed by atoms with Gasteiger partial charge in [0, 0.05) is 0 Å². The summed E-state index contributed by atoms with van der Waals surface area (Å²) in [5.74, 6) is 0. The van der Waals surface area contributed by atoms with Crippen molar-refractivity contribution in [2.45, 2.75) is 0 Å². The van der Waals surface area contributed by atoms with Crippen LogP contribution in [0.1, 0.15) is 0 Å². The Morgan fingerprint density at radius 1 is 0.800 bits per heavy atom. The number of hydrogen-bond donors (Lipinski definition) is 0. The predicted octanol–water partition coefficient (Wildman–Crippen LogP) is 1.23.